The number of rotatable bonds is 3. The summed E-state index contributed by atoms with van der Waals surface area (Å²) in [4.78, 5) is 19.2. The highest BCUT2D eigenvalue weighted by Gasteiger charge is 2.42. The van der Waals surface area contributed by atoms with Crippen LogP contribution in [-0.2, 0) is 4.79 Å². The maximum Gasteiger partial charge on any atom is 0.226 e. The number of methoxy groups -OCH3 is 1. The lowest BCUT2D eigenvalue weighted by Crippen LogP contribution is -2.36. The topological polar surface area (TPSA) is 69.0 Å². The molecule has 0 radical (unpaired) electrons. The molecule has 0 amide bonds. The fraction of sp³-hybridized carbons (Fsp3) is 0.348. The van der Waals surface area contributed by atoms with Crippen LogP contribution >= 0.6 is 11.3 Å². The van der Waals surface area contributed by atoms with E-state index in [0.29, 0.717) is 18.2 Å². The number of ether oxygens (including phenoxy) is 1. The Morgan fingerprint density at radius 2 is 1.97 bits per heavy atom. The highest BCUT2D eigenvalue weighted by molar-refractivity contribution is 7.10. The van der Waals surface area contributed by atoms with Crippen molar-refractivity contribution in [1.29, 1.82) is 0 Å². The Morgan fingerprint density at radius 1 is 1.20 bits per heavy atom. The molecule has 5 rings (SSSR count). The van der Waals surface area contributed by atoms with Gasteiger partial charge in [-0.1, -0.05) is 13.8 Å². The van der Waals surface area contributed by atoms with E-state index in [0.717, 1.165) is 33.9 Å². The van der Waals surface area contributed by atoms with Crippen LogP contribution in [-0.4, -0.2) is 27.7 Å². The molecule has 30 heavy (non-hydrogen) atoms. The van der Waals surface area contributed by atoms with E-state index < -0.39 is 0 Å². The monoisotopic (exact) mass is 420 g/mol. The summed E-state index contributed by atoms with van der Waals surface area (Å²) in [5.74, 6) is 2.30. The summed E-state index contributed by atoms with van der Waals surface area (Å²) in [7, 11) is 1.65. The van der Waals surface area contributed by atoms with Crippen LogP contribution in [0, 0.1) is 12.3 Å². The second-order valence-electron chi connectivity index (χ2n) is 8.76. The third-order valence-electron chi connectivity index (χ3n) is 5.83. The molecular weight excluding hydrogens is 396 g/mol. The van der Waals surface area contributed by atoms with Crippen molar-refractivity contribution in [2.75, 3.05) is 12.4 Å². The van der Waals surface area contributed by atoms with Crippen LogP contribution in [0.1, 0.15) is 43.2 Å². The Balaban J connectivity index is 1.65. The molecule has 0 spiro atoms. The number of hydrogen-bond donors (Lipinski definition) is 1. The highest BCUT2D eigenvalue weighted by Crippen LogP contribution is 2.47. The predicted molar refractivity (Wildman–Crippen MR) is 118 cm³/mol. The molecule has 0 bridgehead atoms. The second kappa shape index (κ2) is 6.80. The van der Waals surface area contributed by atoms with Crippen molar-refractivity contribution in [3.8, 4) is 17.1 Å². The molecule has 154 valence electrons. The van der Waals surface area contributed by atoms with Crippen LogP contribution in [0.2, 0.25) is 0 Å². The zero-order valence-electron chi connectivity index (χ0n) is 17.5. The highest BCUT2D eigenvalue weighted by atomic mass is 32.1. The minimum absolute atomic E-state index is 0.0705. The fourth-order valence-corrected chi connectivity index (χ4v) is 5.40. The molecule has 1 atom stereocenters. The number of nitrogens with zero attached hydrogens (tertiary/aromatic N) is 3. The number of anilines is 1. The molecule has 1 unspecified atom stereocenters. The summed E-state index contributed by atoms with van der Waals surface area (Å²) in [6.45, 7) is 6.38. The van der Waals surface area contributed by atoms with Gasteiger partial charge < -0.3 is 10.1 Å². The quantitative estimate of drug-likeness (QED) is 0.647. The van der Waals surface area contributed by atoms with Crippen molar-refractivity contribution >= 4 is 23.1 Å². The zero-order chi connectivity index (χ0) is 21.0. The fourth-order valence-electron chi connectivity index (χ4n) is 4.38. The minimum atomic E-state index is -0.237. The standard InChI is InChI=1S/C23H24N4O2S/c1-13-9-10-30-20(13)19-18-16(11-23(2,3)12-17(18)28)24-22-25-21(26-27(19)22)14-5-7-15(29-4)8-6-14/h5-10,19H,11-12H2,1-4H3,(H,24,25,26). The van der Waals surface area contributed by atoms with Crippen molar-refractivity contribution in [3.05, 3.63) is 57.4 Å². The Hall–Kier alpha value is -2.93. The number of benzene rings is 1. The van der Waals surface area contributed by atoms with Gasteiger partial charge in [0.05, 0.1) is 7.11 Å². The summed E-state index contributed by atoms with van der Waals surface area (Å²) in [5.41, 5.74) is 3.82. The van der Waals surface area contributed by atoms with Crippen molar-refractivity contribution in [1.82, 2.24) is 14.8 Å². The van der Waals surface area contributed by atoms with Crippen molar-refractivity contribution in [2.24, 2.45) is 5.41 Å². The van der Waals surface area contributed by atoms with Gasteiger partial charge in [0, 0.05) is 28.1 Å². The summed E-state index contributed by atoms with van der Waals surface area (Å²) in [5, 5.41) is 10.4. The Labute approximate surface area is 179 Å². The molecule has 1 aliphatic carbocycles. The molecule has 0 fully saturated rings. The SMILES string of the molecule is COc1ccc(-c2nc3n(n2)C(c2sccc2C)C2=C(CC(C)(C)CC2=O)N3)cc1. The molecule has 2 aromatic heterocycles. The summed E-state index contributed by atoms with van der Waals surface area (Å²) in [6.07, 6.45) is 1.36. The number of thiophene rings is 1. The number of fused-ring (bicyclic) bond motifs is 1. The first kappa shape index (κ1) is 19.1. The number of allylic oxidation sites excluding steroid dienone is 2. The van der Waals surface area contributed by atoms with Gasteiger partial charge in [-0.2, -0.15) is 4.98 Å². The summed E-state index contributed by atoms with van der Waals surface area (Å²) < 4.78 is 7.14. The largest absolute Gasteiger partial charge is 0.497 e. The van der Waals surface area contributed by atoms with E-state index in [2.05, 4.69) is 37.5 Å². The molecule has 3 aromatic rings. The lowest BCUT2D eigenvalue weighted by molar-refractivity contribution is -0.118. The zero-order valence-corrected chi connectivity index (χ0v) is 18.3. The molecule has 3 heterocycles. The lowest BCUT2D eigenvalue weighted by Gasteiger charge is -2.38. The van der Waals surface area contributed by atoms with E-state index >= 15 is 0 Å². The van der Waals surface area contributed by atoms with Gasteiger partial charge in [-0.3, -0.25) is 4.79 Å². The molecule has 1 N–H and O–H groups in total. The molecular formula is C23H24N4O2S. The average molecular weight is 421 g/mol. The number of carbonyl (C=O) groups is 1. The molecule has 0 saturated carbocycles. The van der Waals surface area contributed by atoms with Gasteiger partial charge in [0.2, 0.25) is 5.95 Å². The number of ketones is 1. The van der Waals surface area contributed by atoms with Crippen molar-refractivity contribution in [3.63, 3.8) is 0 Å². The van der Waals surface area contributed by atoms with E-state index in [9.17, 15) is 4.79 Å². The number of carbonyl (C=O) groups excluding carboxylic acids is 1. The van der Waals surface area contributed by atoms with E-state index in [1.165, 1.54) is 5.56 Å². The Bertz CT molecular complexity index is 1170. The van der Waals surface area contributed by atoms with Gasteiger partial charge in [0.15, 0.2) is 11.6 Å². The number of hydrogen-bond acceptors (Lipinski definition) is 6. The van der Waals surface area contributed by atoms with Crippen LogP contribution < -0.4 is 10.1 Å². The number of aromatic nitrogens is 3. The van der Waals surface area contributed by atoms with Gasteiger partial charge in [-0.25, -0.2) is 4.68 Å². The van der Waals surface area contributed by atoms with E-state index in [-0.39, 0.29) is 17.2 Å². The van der Waals surface area contributed by atoms with Crippen molar-refractivity contribution in [2.45, 2.75) is 39.7 Å². The number of aryl methyl sites for hydroxylation is 1. The third-order valence-corrected chi connectivity index (χ3v) is 6.90. The van der Waals surface area contributed by atoms with Gasteiger partial charge in [-0.15, -0.1) is 16.4 Å². The Morgan fingerprint density at radius 3 is 2.63 bits per heavy atom. The minimum Gasteiger partial charge on any atom is -0.497 e. The van der Waals surface area contributed by atoms with Crippen LogP contribution in [0.3, 0.4) is 0 Å². The van der Waals surface area contributed by atoms with Crippen LogP contribution in [0.15, 0.2) is 47.0 Å². The van der Waals surface area contributed by atoms with E-state index in [1.807, 2.05) is 28.9 Å². The first-order valence-corrected chi connectivity index (χ1v) is 10.9. The summed E-state index contributed by atoms with van der Waals surface area (Å²) >= 11 is 1.67. The van der Waals surface area contributed by atoms with Crippen LogP contribution in [0.4, 0.5) is 5.95 Å². The second-order valence-corrected chi connectivity index (χ2v) is 9.71. The Kier molecular flexibility index (Phi) is 4.32. The predicted octanol–water partition coefficient (Wildman–Crippen LogP) is 4.98. The molecule has 7 heteroatoms. The molecule has 2 aliphatic rings. The van der Waals surface area contributed by atoms with E-state index in [1.54, 1.807) is 18.4 Å². The molecule has 6 nitrogen and oxygen atoms in total. The lowest BCUT2D eigenvalue weighted by atomic mass is 9.73. The number of nitrogens with one attached hydrogen (secondary N) is 1. The average Bonchev–Trinajstić information content (AvgIpc) is 3.31. The smallest absolute Gasteiger partial charge is 0.226 e. The van der Waals surface area contributed by atoms with Gasteiger partial charge in [-0.05, 0) is 60.0 Å². The van der Waals surface area contributed by atoms with E-state index in [4.69, 9.17) is 14.8 Å². The molecule has 0 saturated heterocycles. The first-order valence-electron chi connectivity index (χ1n) is 10.0. The maximum atomic E-state index is 13.2. The van der Waals surface area contributed by atoms with Crippen molar-refractivity contribution < 1.29 is 9.53 Å². The molecule has 1 aromatic carbocycles. The van der Waals surface area contributed by atoms with Crippen LogP contribution in [0.25, 0.3) is 11.4 Å². The first-order chi connectivity index (χ1) is 14.4. The third kappa shape index (κ3) is 3.04. The van der Waals surface area contributed by atoms with Crippen LogP contribution in [0.5, 0.6) is 5.75 Å². The van der Waals surface area contributed by atoms with Gasteiger partial charge in [0.25, 0.3) is 0 Å². The number of Topliss-reactive ketones (excluding diaryl/α,β-unsaturated/α-hetero) is 1. The summed E-state index contributed by atoms with van der Waals surface area (Å²) in [6, 6.07) is 9.57. The maximum absolute atomic E-state index is 13.2. The normalized spacial score (nSPS) is 19.9. The van der Waals surface area contributed by atoms with Gasteiger partial charge in [0.1, 0.15) is 11.8 Å². The van der Waals surface area contributed by atoms with Gasteiger partial charge >= 0.3 is 0 Å². The molecule has 1 aliphatic heterocycles.